The SMILES string of the molecule is O=C(NCc1ccc(Cl)cc1)NC1CCN(C2CCOCC2)C1. The second-order valence-electron chi connectivity index (χ2n) is 6.28. The monoisotopic (exact) mass is 337 g/mol. The minimum Gasteiger partial charge on any atom is -0.381 e. The van der Waals surface area contributed by atoms with Crippen LogP contribution in [0.15, 0.2) is 24.3 Å². The van der Waals surface area contributed by atoms with E-state index in [-0.39, 0.29) is 12.1 Å². The van der Waals surface area contributed by atoms with Crippen LogP contribution in [-0.2, 0) is 11.3 Å². The van der Waals surface area contributed by atoms with Crippen LogP contribution in [0.3, 0.4) is 0 Å². The van der Waals surface area contributed by atoms with Crippen molar-refractivity contribution < 1.29 is 9.53 Å². The molecule has 2 heterocycles. The van der Waals surface area contributed by atoms with Crippen LogP contribution in [0.5, 0.6) is 0 Å². The summed E-state index contributed by atoms with van der Waals surface area (Å²) in [7, 11) is 0. The maximum atomic E-state index is 12.0. The van der Waals surface area contributed by atoms with Crippen molar-refractivity contribution in [2.24, 2.45) is 0 Å². The Kier molecular flexibility index (Phi) is 5.75. The molecule has 2 amide bonds. The fourth-order valence-corrected chi connectivity index (χ4v) is 3.43. The molecule has 23 heavy (non-hydrogen) atoms. The van der Waals surface area contributed by atoms with E-state index >= 15 is 0 Å². The third kappa shape index (κ3) is 4.83. The zero-order valence-electron chi connectivity index (χ0n) is 13.3. The van der Waals surface area contributed by atoms with Crippen molar-refractivity contribution in [3.63, 3.8) is 0 Å². The van der Waals surface area contributed by atoms with Gasteiger partial charge in [0.25, 0.3) is 0 Å². The topological polar surface area (TPSA) is 53.6 Å². The first-order chi connectivity index (χ1) is 11.2. The molecule has 1 aromatic carbocycles. The van der Waals surface area contributed by atoms with Crippen LogP contribution in [0, 0.1) is 0 Å². The Morgan fingerprint density at radius 2 is 1.96 bits per heavy atom. The van der Waals surface area contributed by atoms with Crippen LogP contribution in [0.1, 0.15) is 24.8 Å². The minimum atomic E-state index is -0.0984. The van der Waals surface area contributed by atoms with Crippen LogP contribution in [-0.4, -0.2) is 49.3 Å². The number of amides is 2. The van der Waals surface area contributed by atoms with Gasteiger partial charge in [-0.25, -0.2) is 4.79 Å². The van der Waals surface area contributed by atoms with Crippen molar-refractivity contribution >= 4 is 17.6 Å². The first-order valence-electron chi connectivity index (χ1n) is 8.31. The van der Waals surface area contributed by atoms with E-state index in [4.69, 9.17) is 16.3 Å². The number of benzene rings is 1. The molecule has 1 atom stereocenters. The predicted molar refractivity (Wildman–Crippen MR) is 90.6 cm³/mol. The van der Waals surface area contributed by atoms with Gasteiger partial charge in [0.2, 0.25) is 0 Å². The van der Waals surface area contributed by atoms with E-state index < -0.39 is 0 Å². The molecule has 2 N–H and O–H groups in total. The van der Waals surface area contributed by atoms with Gasteiger partial charge in [0.15, 0.2) is 0 Å². The molecule has 6 heteroatoms. The number of carbonyl (C=O) groups excluding carboxylic acids is 1. The van der Waals surface area contributed by atoms with Crippen LogP contribution < -0.4 is 10.6 Å². The molecule has 5 nitrogen and oxygen atoms in total. The molecule has 3 rings (SSSR count). The van der Waals surface area contributed by atoms with Crippen molar-refractivity contribution in [3.05, 3.63) is 34.9 Å². The van der Waals surface area contributed by atoms with Crippen LogP contribution in [0.25, 0.3) is 0 Å². The molecule has 0 aromatic heterocycles. The minimum absolute atomic E-state index is 0.0984. The number of carbonyl (C=O) groups is 1. The second-order valence-corrected chi connectivity index (χ2v) is 6.71. The molecular formula is C17H24ClN3O2. The summed E-state index contributed by atoms with van der Waals surface area (Å²) in [6.07, 6.45) is 3.23. The molecule has 2 aliphatic rings. The molecule has 2 fully saturated rings. The zero-order valence-corrected chi connectivity index (χ0v) is 14.0. The summed E-state index contributed by atoms with van der Waals surface area (Å²) in [5.74, 6) is 0. The molecule has 0 saturated carbocycles. The molecule has 1 aromatic rings. The van der Waals surface area contributed by atoms with Gasteiger partial charge in [-0.3, -0.25) is 4.90 Å². The van der Waals surface area contributed by atoms with Gasteiger partial charge in [-0.05, 0) is 37.0 Å². The Hall–Kier alpha value is -1.30. The molecule has 1 unspecified atom stereocenters. The highest BCUT2D eigenvalue weighted by molar-refractivity contribution is 6.30. The third-order valence-electron chi connectivity index (χ3n) is 4.63. The Morgan fingerprint density at radius 1 is 1.22 bits per heavy atom. The van der Waals surface area contributed by atoms with E-state index in [1.807, 2.05) is 24.3 Å². The standard InChI is InChI=1S/C17H24ClN3O2/c18-14-3-1-13(2-4-14)11-19-17(22)20-15-5-8-21(12-15)16-6-9-23-10-7-16/h1-4,15-16H,5-12H2,(H2,19,20,22). The highest BCUT2D eigenvalue weighted by Gasteiger charge is 2.29. The Balaban J connectivity index is 1.39. The summed E-state index contributed by atoms with van der Waals surface area (Å²) >= 11 is 5.85. The van der Waals surface area contributed by atoms with E-state index in [9.17, 15) is 4.79 Å². The van der Waals surface area contributed by atoms with Crippen LogP contribution in [0.4, 0.5) is 4.79 Å². The van der Waals surface area contributed by atoms with E-state index in [1.165, 1.54) is 0 Å². The predicted octanol–water partition coefficient (Wildman–Crippen LogP) is 2.39. The highest BCUT2D eigenvalue weighted by Crippen LogP contribution is 2.20. The molecule has 126 valence electrons. The van der Waals surface area contributed by atoms with Crippen LogP contribution in [0.2, 0.25) is 5.02 Å². The average molecular weight is 338 g/mol. The summed E-state index contributed by atoms with van der Waals surface area (Å²) < 4.78 is 5.42. The van der Waals surface area contributed by atoms with E-state index in [2.05, 4.69) is 15.5 Å². The van der Waals surface area contributed by atoms with Gasteiger partial charge in [-0.2, -0.15) is 0 Å². The van der Waals surface area contributed by atoms with Crippen molar-refractivity contribution in [2.75, 3.05) is 26.3 Å². The van der Waals surface area contributed by atoms with Crippen LogP contribution >= 0.6 is 11.6 Å². The summed E-state index contributed by atoms with van der Waals surface area (Å²) in [6.45, 7) is 4.24. The summed E-state index contributed by atoms with van der Waals surface area (Å²) in [5.41, 5.74) is 1.04. The fraction of sp³-hybridized carbons (Fsp3) is 0.588. The number of hydrogen-bond donors (Lipinski definition) is 2. The number of ether oxygens (including phenoxy) is 1. The van der Waals surface area contributed by atoms with Gasteiger partial charge < -0.3 is 15.4 Å². The highest BCUT2D eigenvalue weighted by atomic mass is 35.5. The lowest BCUT2D eigenvalue weighted by atomic mass is 10.1. The molecule has 2 aliphatic heterocycles. The zero-order chi connectivity index (χ0) is 16.1. The van der Waals surface area contributed by atoms with Crippen molar-refractivity contribution in [3.8, 4) is 0 Å². The van der Waals surface area contributed by atoms with Crippen molar-refractivity contribution in [1.29, 1.82) is 0 Å². The van der Waals surface area contributed by atoms with Crippen molar-refractivity contribution in [2.45, 2.75) is 37.9 Å². The van der Waals surface area contributed by atoms with Gasteiger partial charge >= 0.3 is 6.03 Å². The third-order valence-corrected chi connectivity index (χ3v) is 4.88. The number of likely N-dealkylation sites (tertiary alicyclic amines) is 1. The molecule has 0 bridgehead atoms. The van der Waals surface area contributed by atoms with Gasteiger partial charge in [-0.1, -0.05) is 23.7 Å². The largest absolute Gasteiger partial charge is 0.381 e. The lowest BCUT2D eigenvalue weighted by molar-refractivity contribution is 0.0417. The Bertz CT molecular complexity index is 517. The lowest BCUT2D eigenvalue weighted by Gasteiger charge is -2.31. The number of rotatable bonds is 4. The molecule has 0 spiro atoms. The Morgan fingerprint density at radius 3 is 2.70 bits per heavy atom. The van der Waals surface area contributed by atoms with Gasteiger partial charge in [0.05, 0.1) is 0 Å². The molecular weight excluding hydrogens is 314 g/mol. The molecule has 0 radical (unpaired) electrons. The number of urea groups is 1. The summed E-state index contributed by atoms with van der Waals surface area (Å²) in [4.78, 5) is 14.5. The maximum Gasteiger partial charge on any atom is 0.315 e. The van der Waals surface area contributed by atoms with Gasteiger partial charge in [-0.15, -0.1) is 0 Å². The number of halogens is 1. The molecule has 2 saturated heterocycles. The van der Waals surface area contributed by atoms with E-state index in [1.54, 1.807) is 0 Å². The number of nitrogens with one attached hydrogen (secondary N) is 2. The average Bonchev–Trinajstić information content (AvgIpc) is 3.04. The first-order valence-corrected chi connectivity index (χ1v) is 8.69. The number of nitrogens with zero attached hydrogens (tertiary/aromatic N) is 1. The lowest BCUT2D eigenvalue weighted by Crippen LogP contribution is -2.44. The van der Waals surface area contributed by atoms with Crippen molar-refractivity contribution in [1.82, 2.24) is 15.5 Å². The summed E-state index contributed by atoms with van der Waals surface area (Å²) in [6, 6.07) is 8.27. The Labute approximate surface area is 142 Å². The smallest absolute Gasteiger partial charge is 0.315 e. The number of hydrogen-bond acceptors (Lipinski definition) is 3. The van der Waals surface area contributed by atoms with Gasteiger partial charge in [0, 0.05) is 50.0 Å². The first kappa shape index (κ1) is 16.6. The second kappa shape index (κ2) is 7.99. The van der Waals surface area contributed by atoms with Gasteiger partial charge in [0.1, 0.15) is 0 Å². The normalized spacial score (nSPS) is 22.9. The van der Waals surface area contributed by atoms with E-state index in [0.29, 0.717) is 17.6 Å². The quantitative estimate of drug-likeness (QED) is 0.887. The molecule has 0 aliphatic carbocycles. The van der Waals surface area contributed by atoms with E-state index in [0.717, 1.165) is 51.1 Å². The fourth-order valence-electron chi connectivity index (χ4n) is 3.31. The summed E-state index contributed by atoms with van der Waals surface area (Å²) in [5, 5.41) is 6.69. The maximum absolute atomic E-state index is 12.0.